The second-order valence-electron chi connectivity index (χ2n) is 10.0. The highest BCUT2D eigenvalue weighted by Crippen LogP contribution is 2.49. The minimum atomic E-state index is -4.80. The van der Waals surface area contributed by atoms with E-state index in [1.165, 1.54) is 24.4 Å². The fraction of sp³-hybridized carbons (Fsp3) is 0.233. The number of aryl methyl sites for hydroxylation is 1. The lowest BCUT2D eigenvalue weighted by Gasteiger charge is -2.45. The maximum absolute atomic E-state index is 14.3. The van der Waals surface area contributed by atoms with Crippen molar-refractivity contribution in [1.29, 1.82) is 5.41 Å². The van der Waals surface area contributed by atoms with E-state index in [0.717, 1.165) is 29.2 Å². The van der Waals surface area contributed by atoms with Crippen LogP contribution in [0.5, 0.6) is 0 Å². The number of nitrogens with zero attached hydrogens (tertiary/aromatic N) is 2. The lowest BCUT2D eigenvalue weighted by atomic mass is 9.65. The second-order valence-corrected chi connectivity index (χ2v) is 11.2. The van der Waals surface area contributed by atoms with E-state index in [-0.39, 0.29) is 35.2 Å². The van der Waals surface area contributed by atoms with Gasteiger partial charge in [-0.2, -0.15) is 13.2 Å². The molecule has 0 saturated carbocycles. The number of allylic oxidation sites excluding steroid dienone is 2. The molecular weight excluding hydrogens is 559 g/mol. The zero-order chi connectivity index (χ0) is 29.4. The minimum Gasteiger partial charge on any atom is -0.355 e. The highest BCUT2D eigenvalue weighted by atomic mass is 32.2. The minimum absolute atomic E-state index is 0.165. The molecule has 2 aromatic carbocycles. The molecule has 2 heterocycles. The standard InChI is InChI=1S/C30H25F5N4OS/c1-18-8-10-37-27(12-18)28(40)29-15-19(16-36)26(38-22-4-2-21(31)3-5-22)13-20(29)9-11-39(17-29)41-23-6-7-24(25(32)14-23)30(33,34)35/h2-8,10,12-14,16,36,38H,9,11,15,17H2,1H3. The van der Waals surface area contributed by atoms with E-state index in [4.69, 9.17) is 5.41 Å². The number of ketones is 1. The number of fused-ring (bicyclic) bond motifs is 1. The number of halogens is 5. The molecule has 1 fully saturated rings. The molecule has 1 aliphatic carbocycles. The number of benzene rings is 2. The van der Waals surface area contributed by atoms with Gasteiger partial charge in [0.05, 0.1) is 11.0 Å². The molecule has 0 amide bonds. The molecule has 0 bridgehead atoms. The Labute approximate surface area is 237 Å². The van der Waals surface area contributed by atoms with Gasteiger partial charge in [-0.3, -0.25) is 9.78 Å². The van der Waals surface area contributed by atoms with Crippen LogP contribution < -0.4 is 5.32 Å². The van der Waals surface area contributed by atoms with Gasteiger partial charge in [-0.05, 0) is 104 Å². The Kier molecular flexibility index (Phi) is 7.85. The zero-order valence-electron chi connectivity index (χ0n) is 21.9. The fourth-order valence-electron chi connectivity index (χ4n) is 5.18. The van der Waals surface area contributed by atoms with Crippen molar-refractivity contribution in [2.24, 2.45) is 5.41 Å². The van der Waals surface area contributed by atoms with Gasteiger partial charge in [-0.25, -0.2) is 13.1 Å². The number of pyridine rings is 1. The number of alkyl halides is 3. The number of anilines is 1. The van der Waals surface area contributed by atoms with Gasteiger partial charge in [0.2, 0.25) is 0 Å². The molecule has 0 spiro atoms. The number of aromatic nitrogens is 1. The summed E-state index contributed by atoms with van der Waals surface area (Å²) in [5.74, 6) is -1.98. The van der Waals surface area contributed by atoms with Crippen molar-refractivity contribution in [2.45, 2.75) is 30.8 Å². The Bertz CT molecular complexity index is 1570. The van der Waals surface area contributed by atoms with Gasteiger partial charge in [-0.15, -0.1) is 0 Å². The Morgan fingerprint density at radius 3 is 2.54 bits per heavy atom. The van der Waals surface area contributed by atoms with Crippen LogP contribution in [0.3, 0.4) is 0 Å². The molecule has 5 nitrogen and oxygen atoms in total. The van der Waals surface area contributed by atoms with Crippen LogP contribution in [-0.2, 0) is 6.18 Å². The lowest BCUT2D eigenvalue weighted by molar-refractivity contribution is -0.140. The third-order valence-electron chi connectivity index (χ3n) is 7.21. The summed E-state index contributed by atoms with van der Waals surface area (Å²) in [6, 6.07) is 12.1. The molecule has 1 aliphatic heterocycles. The van der Waals surface area contributed by atoms with Gasteiger partial charge >= 0.3 is 6.18 Å². The summed E-state index contributed by atoms with van der Waals surface area (Å²) in [5, 5.41) is 11.4. The van der Waals surface area contributed by atoms with Crippen molar-refractivity contribution >= 4 is 29.6 Å². The van der Waals surface area contributed by atoms with E-state index < -0.39 is 23.0 Å². The van der Waals surface area contributed by atoms with Crippen molar-refractivity contribution in [3.05, 3.63) is 112 Å². The summed E-state index contributed by atoms with van der Waals surface area (Å²) in [4.78, 5) is 18.8. The van der Waals surface area contributed by atoms with Crippen LogP contribution in [0.4, 0.5) is 27.6 Å². The first-order valence-electron chi connectivity index (χ1n) is 12.7. The number of hydrogen-bond donors (Lipinski definition) is 2. The van der Waals surface area contributed by atoms with Crippen LogP contribution in [0.2, 0.25) is 0 Å². The first kappa shape index (κ1) is 28.7. The van der Waals surface area contributed by atoms with Crippen LogP contribution in [0.15, 0.2) is 88.6 Å². The van der Waals surface area contributed by atoms with Crippen molar-refractivity contribution in [1.82, 2.24) is 9.29 Å². The molecule has 0 radical (unpaired) electrons. The number of nitrogens with one attached hydrogen (secondary N) is 2. The van der Waals surface area contributed by atoms with Gasteiger partial charge in [0.15, 0.2) is 5.78 Å². The first-order chi connectivity index (χ1) is 19.5. The molecule has 41 heavy (non-hydrogen) atoms. The fourth-order valence-corrected chi connectivity index (χ4v) is 6.23. The Morgan fingerprint density at radius 2 is 1.88 bits per heavy atom. The van der Waals surface area contributed by atoms with Crippen LogP contribution in [0.25, 0.3) is 0 Å². The topological polar surface area (TPSA) is 69.1 Å². The summed E-state index contributed by atoms with van der Waals surface area (Å²) in [5.41, 5.74) is 1.27. The molecule has 2 aliphatic rings. The van der Waals surface area contributed by atoms with Gasteiger partial charge in [0.25, 0.3) is 0 Å². The summed E-state index contributed by atoms with van der Waals surface area (Å²) in [6.07, 6.45) is 0.384. The third-order valence-corrected chi connectivity index (χ3v) is 8.24. The predicted octanol–water partition coefficient (Wildman–Crippen LogP) is 7.61. The molecule has 1 unspecified atom stereocenters. The van der Waals surface area contributed by atoms with Crippen LogP contribution in [0.1, 0.15) is 34.5 Å². The van der Waals surface area contributed by atoms with Crippen molar-refractivity contribution in [3.63, 3.8) is 0 Å². The normalized spacial score (nSPS) is 19.4. The summed E-state index contributed by atoms with van der Waals surface area (Å²) in [6.45, 7) is 2.46. The maximum atomic E-state index is 14.3. The second kappa shape index (κ2) is 11.2. The molecule has 2 N–H and O–H groups in total. The number of Topliss-reactive ketones (excluding diaryl/α,β-unsaturated/α-hetero) is 1. The van der Waals surface area contributed by atoms with Crippen LogP contribution in [0, 0.1) is 29.4 Å². The summed E-state index contributed by atoms with van der Waals surface area (Å²) in [7, 11) is 0. The van der Waals surface area contributed by atoms with Crippen molar-refractivity contribution in [3.8, 4) is 0 Å². The number of carbonyl (C=O) groups is 1. The van der Waals surface area contributed by atoms with Crippen LogP contribution in [-0.4, -0.2) is 34.4 Å². The van der Waals surface area contributed by atoms with Gasteiger partial charge in [-0.1, -0.05) is 5.57 Å². The lowest BCUT2D eigenvalue weighted by Crippen LogP contribution is -2.49. The molecule has 1 saturated heterocycles. The van der Waals surface area contributed by atoms with Crippen molar-refractivity contribution in [2.75, 3.05) is 18.4 Å². The average Bonchev–Trinajstić information content (AvgIpc) is 2.93. The number of rotatable bonds is 7. The van der Waals surface area contributed by atoms with E-state index in [0.29, 0.717) is 36.0 Å². The average molecular weight is 585 g/mol. The number of carbonyl (C=O) groups excluding carboxylic acids is 1. The van der Waals surface area contributed by atoms with E-state index in [9.17, 15) is 26.7 Å². The SMILES string of the molecule is Cc1ccnc(C(=O)C23CC(C=N)=C(Nc4ccc(F)cc4)C=C2CCN(Sc2ccc(C(F)(F)F)c(F)c2)C3)c1. The van der Waals surface area contributed by atoms with Gasteiger partial charge < -0.3 is 10.7 Å². The Hall–Kier alpha value is -3.83. The quantitative estimate of drug-likeness (QED) is 0.129. The predicted molar refractivity (Wildman–Crippen MR) is 148 cm³/mol. The molecule has 3 aromatic rings. The van der Waals surface area contributed by atoms with Gasteiger partial charge in [0, 0.05) is 41.8 Å². The molecule has 212 valence electrons. The van der Waals surface area contributed by atoms with E-state index in [1.54, 1.807) is 30.5 Å². The Balaban J connectivity index is 1.49. The molecule has 5 rings (SSSR count). The first-order valence-corrected chi connectivity index (χ1v) is 13.5. The number of hydrogen-bond acceptors (Lipinski definition) is 6. The molecule has 1 aromatic heterocycles. The largest absolute Gasteiger partial charge is 0.419 e. The highest BCUT2D eigenvalue weighted by Gasteiger charge is 2.49. The zero-order valence-corrected chi connectivity index (χ0v) is 22.7. The molecule has 1 atom stereocenters. The van der Waals surface area contributed by atoms with Crippen molar-refractivity contribution < 1.29 is 26.7 Å². The third kappa shape index (κ3) is 5.96. The highest BCUT2D eigenvalue weighted by molar-refractivity contribution is 7.97. The van der Waals surface area contributed by atoms with Gasteiger partial charge in [0.1, 0.15) is 17.3 Å². The smallest absolute Gasteiger partial charge is 0.355 e. The molecule has 11 heteroatoms. The van der Waals surface area contributed by atoms with E-state index >= 15 is 0 Å². The summed E-state index contributed by atoms with van der Waals surface area (Å²) >= 11 is 1.08. The maximum Gasteiger partial charge on any atom is 0.419 e. The number of piperidine rings is 1. The summed E-state index contributed by atoms with van der Waals surface area (Å²) < 4.78 is 68.7. The van der Waals surface area contributed by atoms with E-state index in [1.807, 2.05) is 17.3 Å². The Morgan fingerprint density at radius 1 is 1.12 bits per heavy atom. The van der Waals surface area contributed by atoms with Crippen LogP contribution >= 0.6 is 11.9 Å². The molecular formula is C30H25F5N4OS. The van der Waals surface area contributed by atoms with E-state index in [2.05, 4.69) is 10.3 Å². The monoisotopic (exact) mass is 584 g/mol.